The molecule has 0 aliphatic carbocycles. The third kappa shape index (κ3) is 2.19. The van der Waals surface area contributed by atoms with Crippen LogP contribution in [0, 0.1) is 11.3 Å². The van der Waals surface area contributed by atoms with Gasteiger partial charge in [-0.25, -0.2) is 4.79 Å². The van der Waals surface area contributed by atoms with Crippen LogP contribution in [0.15, 0.2) is 0 Å². The van der Waals surface area contributed by atoms with Crippen molar-refractivity contribution in [2.45, 2.75) is 25.2 Å². The molecule has 0 spiro atoms. The Labute approximate surface area is 70.0 Å². The number of esters is 1. The number of nitrogens with zero attached hydrogens (tertiary/aromatic N) is 1. The van der Waals surface area contributed by atoms with E-state index >= 15 is 0 Å². The molecule has 2 atom stereocenters. The van der Waals surface area contributed by atoms with Crippen molar-refractivity contribution in [3.63, 3.8) is 0 Å². The summed E-state index contributed by atoms with van der Waals surface area (Å²) in [4.78, 5) is 10.9. The third-order valence-corrected chi connectivity index (χ3v) is 1.53. The minimum atomic E-state index is -1.20. The Kier molecular flexibility index (Phi) is 3.02. The van der Waals surface area contributed by atoms with E-state index in [9.17, 15) is 4.79 Å². The standard InChI is InChI=1S/C7H10N2O3/c8-4-5(9)7(10)12-6-2-1-3-11-6/h5-6H,1-3,9H2. The third-order valence-electron chi connectivity index (χ3n) is 1.53. The van der Waals surface area contributed by atoms with E-state index in [1.165, 1.54) is 0 Å². The number of nitriles is 1. The van der Waals surface area contributed by atoms with Gasteiger partial charge in [-0.05, 0) is 6.42 Å². The van der Waals surface area contributed by atoms with E-state index in [1.807, 2.05) is 0 Å². The highest BCUT2D eigenvalue weighted by atomic mass is 16.7. The van der Waals surface area contributed by atoms with Crippen molar-refractivity contribution in [1.82, 2.24) is 0 Å². The summed E-state index contributed by atoms with van der Waals surface area (Å²) in [5, 5.41) is 8.26. The SMILES string of the molecule is N#CC(N)C(=O)OC1CCCO1. The molecule has 1 fully saturated rings. The van der Waals surface area contributed by atoms with E-state index in [-0.39, 0.29) is 0 Å². The van der Waals surface area contributed by atoms with Crippen molar-refractivity contribution >= 4 is 5.97 Å². The zero-order chi connectivity index (χ0) is 8.97. The van der Waals surface area contributed by atoms with Gasteiger partial charge in [-0.3, -0.25) is 0 Å². The van der Waals surface area contributed by atoms with Gasteiger partial charge >= 0.3 is 5.97 Å². The van der Waals surface area contributed by atoms with E-state index < -0.39 is 18.3 Å². The molecule has 0 amide bonds. The summed E-state index contributed by atoms with van der Waals surface area (Å²) in [7, 11) is 0. The van der Waals surface area contributed by atoms with Crippen LogP contribution in [0.1, 0.15) is 12.8 Å². The lowest BCUT2D eigenvalue weighted by atomic mass is 10.3. The normalized spacial score (nSPS) is 24.5. The molecule has 5 nitrogen and oxygen atoms in total. The van der Waals surface area contributed by atoms with E-state index in [4.69, 9.17) is 20.5 Å². The second kappa shape index (κ2) is 4.04. The molecule has 0 radical (unpaired) electrons. The molecule has 0 aromatic heterocycles. The lowest BCUT2D eigenvalue weighted by molar-refractivity contribution is -0.169. The summed E-state index contributed by atoms with van der Waals surface area (Å²) in [6.07, 6.45) is 1.06. The average Bonchev–Trinajstić information content (AvgIpc) is 2.55. The van der Waals surface area contributed by atoms with Gasteiger partial charge in [0, 0.05) is 6.42 Å². The largest absolute Gasteiger partial charge is 0.434 e. The number of carbonyl (C=O) groups excluding carboxylic acids is 1. The smallest absolute Gasteiger partial charge is 0.340 e. The highest BCUT2D eigenvalue weighted by Crippen LogP contribution is 2.13. The highest BCUT2D eigenvalue weighted by Gasteiger charge is 2.23. The van der Waals surface area contributed by atoms with Crippen molar-refractivity contribution in [2.75, 3.05) is 6.61 Å². The first-order chi connectivity index (χ1) is 5.74. The number of hydrogen-bond donors (Lipinski definition) is 1. The molecule has 0 bridgehead atoms. The molecule has 0 aromatic carbocycles. The van der Waals surface area contributed by atoms with Gasteiger partial charge in [-0.1, -0.05) is 0 Å². The summed E-state index contributed by atoms with van der Waals surface area (Å²) in [6.45, 7) is 0.597. The molecular formula is C7H10N2O3. The molecule has 2 unspecified atom stereocenters. The van der Waals surface area contributed by atoms with Crippen LogP contribution < -0.4 is 5.73 Å². The number of carbonyl (C=O) groups is 1. The van der Waals surface area contributed by atoms with Gasteiger partial charge in [-0.2, -0.15) is 5.26 Å². The van der Waals surface area contributed by atoms with Crippen LogP contribution in [0.25, 0.3) is 0 Å². The topological polar surface area (TPSA) is 85.3 Å². The number of hydrogen-bond acceptors (Lipinski definition) is 5. The monoisotopic (exact) mass is 170 g/mol. The molecule has 1 aliphatic heterocycles. The quantitative estimate of drug-likeness (QED) is 0.565. The Morgan fingerprint density at radius 1 is 1.83 bits per heavy atom. The zero-order valence-electron chi connectivity index (χ0n) is 6.53. The molecular weight excluding hydrogens is 160 g/mol. The van der Waals surface area contributed by atoms with E-state index in [1.54, 1.807) is 6.07 Å². The van der Waals surface area contributed by atoms with Crippen molar-refractivity contribution < 1.29 is 14.3 Å². The van der Waals surface area contributed by atoms with Crippen molar-refractivity contribution in [2.24, 2.45) is 5.73 Å². The molecule has 0 saturated carbocycles. The van der Waals surface area contributed by atoms with Gasteiger partial charge in [0.2, 0.25) is 6.29 Å². The molecule has 1 saturated heterocycles. The van der Waals surface area contributed by atoms with Gasteiger partial charge in [0.25, 0.3) is 0 Å². The van der Waals surface area contributed by atoms with Gasteiger partial charge in [0.1, 0.15) is 0 Å². The Morgan fingerprint density at radius 2 is 2.58 bits per heavy atom. The predicted octanol–water partition coefficient (Wildman–Crippen LogP) is -0.483. The maximum atomic E-state index is 10.9. The molecule has 2 N–H and O–H groups in total. The zero-order valence-corrected chi connectivity index (χ0v) is 6.53. The minimum Gasteiger partial charge on any atom is -0.434 e. The maximum Gasteiger partial charge on any atom is 0.340 e. The predicted molar refractivity (Wildman–Crippen MR) is 38.7 cm³/mol. The fraction of sp³-hybridized carbons (Fsp3) is 0.714. The molecule has 5 heteroatoms. The van der Waals surface area contributed by atoms with Crippen molar-refractivity contribution in [1.29, 1.82) is 5.26 Å². The van der Waals surface area contributed by atoms with Gasteiger partial charge in [0.05, 0.1) is 12.7 Å². The number of ether oxygens (including phenoxy) is 2. The van der Waals surface area contributed by atoms with Crippen LogP contribution >= 0.6 is 0 Å². The first kappa shape index (κ1) is 8.97. The minimum absolute atomic E-state index is 0.503. The summed E-state index contributed by atoms with van der Waals surface area (Å²) < 4.78 is 9.77. The van der Waals surface area contributed by atoms with Crippen molar-refractivity contribution in [3.05, 3.63) is 0 Å². The van der Waals surface area contributed by atoms with Crippen LogP contribution in [0.2, 0.25) is 0 Å². The summed E-state index contributed by atoms with van der Waals surface area (Å²) in [6, 6.07) is 0.387. The van der Waals surface area contributed by atoms with E-state index in [0.717, 1.165) is 6.42 Å². The van der Waals surface area contributed by atoms with Crippen LogP contribution in [-0.2, 0) is 14.3 Å². The van der Waals surface area contributed by atoms with E-state index in [2.05, 4.69) is 0 Å². The number of rotatable bonds is 2. The van der Waals surface area contributed by atoms with Gasteiger partial charge in [0.15, 0.2) is 6.04 Å². The lowest BCUT2D eigenvalue weighted by Gasteiger charge is -2.11. The van der Waals surface area contributed by atoms with Crippen LogP contribution in [0.4, 0.5) is 0 Å². The van der Waals surface area contributed by atoms with E-state index in [0.29, 0.717) is 13.0 Å². The lowest BCUT2D eigenvalue weighted by Crippen LogP contribution is -2.33. The first-order valence-electron chi connectivity index (χ1n) is 3.71. The Balaban J connectivity index is 2.31. The summed E-state index contributed by atoms with van der Waals surface area (Å²) in [5.41, 5.74) is 5.10. The molecule has 66 valence electrons. The summed E-state index contributed by atoms with van der Waals surface area (Å²) in [5.74, 6) is -0.718. The molecule has 0 aromatic rings. The first-order valence-corrected chi connectivity index (χ1v) is 3.71. The molecule has 12 heavy (non-hydrogen) atoms. The average molecular weight is 170 g/mol. The Morgan fingerprint density at radius 3 is 3.08 bits per heavy atom. The van der Waals surface area contributed by atoms with Crippen molar-refractivity contribution in [3.8, 4) is 6.07 Å². The van der Waals surface area contributed by atoms with Gasteiger partial charge < -0.3 is 15.2 Å². The number of nitrogens with two attached hydrogens (primary N) is 1. The Hall–Kier alpha value is -1.12. The highest BCUT2D eigenvalue weighted by molar-refractivity contribution is 5.78. The fourth-order valence-corrected chi connectivity index (χ4v) is 0.897. The van der Waals surface area contributed by atoms with Crippen LogP contribution in [-0.4, -0.2) is 24.9 Å². The summed E-state index contributed by atoms with van der Waals surface area (Å²) >= 11 is 0. The molecule has 1 aliphatic rings. The molecule has 1 rings (SSSR count). The van der Waals surface area contributed by atoms with Crippen LogP contribution in [0.3, 0.4) is 0 Å². The maximum absolute atomic E-state index is 10.9. The van der Waals surface area contributed by atoms with Crippen LogP contribution in [0.5, 0.6) is 0 Å². The second-order valence-electron chi connectivity index (χ2n) is 2.49. The van der Waals surface area contributed by atoms with Gasteiger partial charge in [-0.15, -0.1) is 0 Å². The molecule has 1 heterocycles. The fourth-order valence-electron chi connectivity index (χ4n) is 0.897. The second-order valence-corrected chi connectivity index (χ2v) is 2.49. The Bertz CT molecular complexity index is 205.